The molecule has 5 nitrogen and oxygen atoms in total. The second-order valence-electron chi connectivity index (χ2n) is 6.10. The van der Waals surface area contributed by atoms with E-state index in [2.05, 4.69) is 0 Å². The first kappa shape index (κ1) is 11.5. The average Bonchev–Trinajstić information content (AvgIpc) is 2.12. The fourth-order valence-corrected chi connectivity index (χ4v) is 5.06. The topological polar surface area (TPSA) is 83.5 Å². The molecule has 0 aliphatic heterocycles. The molecule has 0 saturated heterocycles. The Morgan fingerprint density at radius 3 is 1.82 bits per heavy atom. The molecule has 6 heteroatoms. The predicted octanol–water partition coefficient (Wildman–Crippen LogP) is 1.12. The highest BCUT2D eigenvalue weighted by molar-refractivity contribution is 7.84. The molecule has 4 aliphatic rings. The standard InChI is InChI=1S/C11H17NO4S/c13-10(12-17(14,15)16)11-4-7-1-8(5-11)3-9(2-7)6-11/h7-9H,1-6H2,(H,12,13)(H,14,15,16). The van der Waals surface area contributed by atoms with Crippen LogP contribution in [0.2, 0.25) is 0 Å². The van der Waals surface area contributed by atoms with Crippen LogP contribution >= 0.6 is 0 Å². The first-order valence-corrected chi connectivity index (χ1v) is 7.60. The maximum absolute atomic E-state index is 12.1. The lowest BCUT2D eigenvalue weighted by molar-refractivity contribution is -0.144. The summed E-state index contributed by atoms with van der Waals surface area (Å²) in [5.74, 6) is 1.24. The van der Waals surface area contributed by atoms with Crippen LogP contribution in [0.15, 0.2) is 0 Å². The minimum absolute atomic E-state index is 0.487. The van der Waals surface area contributed by atoms with Gasteiger partial charge in [-0.05, 0) is 56.3 Å². The lowest BCUT2D eigenvalue weighted by atomic mass is 9.49. The van der Waals surface area contributed by atoms with E-state index in [9.17, 15) is 13.2 Å². The zero-order valence-electron chi connectivity index (χ0n) is 9.55. The average molecular weight is 259 g/mol. The molecule has 0 unspecified atom stereocenters. The van der Waals surface area contributed by atoms with Crippen molar-refractivity contribution in [3.05, 3.63) is 0 Å². The smallest absolute Gasteiger partial charge is 0.273 e. The van der Waals surface area contributed by atoms with Crippen molar-refractivity contribution < 1.29 is 17.8 Å². The summed E-state index contributed by atoms with van der Waals surface area (Å²) in [6.45, 7) is 0. The summed E-state index contributed by atoms with van der Waals surface area (Å²) in [6, 6.07) is 0. The highest BCUT2D eigenvalue weighted by Crippen LogP contribution is 2.60. The van der Waals surface area contributed by atoms with E-state index in [0.717, 1.165) is 19.3 Å². The summed E-state index contributed by atoms with van der Waals surface area (Å²) in [4.78, 5) is 12.1. The maximum atomic E-state index is 12.1. The molecule has 4 rings (SSSR count). The Morgan fingerprint density at radius 2 is 1.47 bits per heavy atom. The van der Waals surface area contributed by atoms with E-state index in [-0.39, 0.29) is 0 Å². The van der Waals surface area contributed by atoms with Crippen molar-refractivity contribution in [1.29, 1.82) is 0 Å². The van der Waals surface area contributed by atoms with Gasteiger partial charge in [0.25, 0.3) is 0 Å². The lowest BCUT2D eigenvalue weighted by Gasteiger charge is -2.55. The van der Waals surface area contributed by atoms with E-state index in [4.69, 9.17) is 4.55 Å². The van der Waals surface area contributed by atoms with Gasteiger partial charge in [-0.15, -0.1) is 0 Å². The summed E-state index contributed by atoms with van der Waals surface area (Å²) in [5, 5.41) is 0. The maximum Gasteiger partial charge on any atom is 0.359 e. The molecule has 96 valence electrons. The molecule has 4 saturated carbocycles. The third-order valence-electron chi connectivity index (χ3n) is 4.74. The van der Waals surface area contributed by atoms with Crippen molar-refractivity contribution in [2.24, 2.45) is 23.2 Å². The number of carbonyl (C=O) groups excluding carboxylic acids is 1. The van der Waals surface area contributed by atoms with Gasteiger partial charge in [0, 0.05) is 0 Å². The largest absolute Gasteiger partial charge is 0.359 e. The molecule has 0 atom stereocenters. The van der Waals surface area contributed by atoms with Crippen LogP contribution in [0, 0.1) is 23.2 Å². The molecule has 0 spiro atoms. The third-order valence-corrected chi connectivity index (χ3v) is 5.18. The number of rotatable bonds is 2. The number of carbonyl (C=O) groups is 1. The Bertz CT molecular complexity index is 421. The molecule has 4 fully saturated rings. The number of hydrogen-bond acceptors (Lipinski definition) is 3. The summed E-state index contributed by atoms with van der Waals surface area (Å²) in [5.41, 5.74) is -0.523. The highest BCUT2D eigenvalue weighted by Gasteiger charge is 2.55. The first-order chi connectivity index (χ1) is 7.86. The van der Waals surface area contributed by atoms with E-state index in [1.54, 1.807) is 4.72 Å². The van der Waals surface area contributed by atoms with Crippen molar-refractivity contribution in [3.8, 4) is 0 Å². The van der Waals surface area contributed by atoms with Crippen LogP contribution in [0.5, 0.6) is 0 Å². The molecule has 4 aliphatic carbocycles. The molecule has 0 aromatic rings. The van der Waals surface area contributed by atoms with Crippen LogP contribution in [0.4, 0.5) is 0 Å². The number of hydrogen-bond donors (Lipinski definition) is 2. The van der Waals surface area contributed by atoms with Gasteiger partial charge in [-0.25, -0.2) is 4.72 Å². The second kappa shape index (κ2) is 3.45. The minimum atomic E-state index is -4.42. The van der Waals surface area contributed by atoms with Gasteiger partial charge in [-0.2, -0.15) is 8.42 Å². The normalized spacial score (nSPS) is 43.7. The van der Waals surface area contributed by atoms with Crippen LogP contribution in [0.3, 0.4) is 0 Å². The van der Waals surface area contributed by atoms with Gasteiger partial charge in [0.15, 0.2) is 0 Å². The van der Waals surface area contributed by atoms with Crippen molar-refractivity contribution in [1.82, 2.24) is 4.72 Å². The lowest BCUT2D eigenvalue weighted by Crippen LogP contribution is -2.54. The van der Waals surface area contributed by atoms with Gasteiger partial charge >= 0.3 is 10.3 Å². The zero-order valence-corrected chi connectivity index (χ0v) is 10.4. The van der Waals surface area contributed by atoms with Crippen molar-refractivity contribution in [2.75, 3.05) is 0 Å². The Labute approximate surface area is 101 Å². The molecule has 0 heterocycles. The van der Waals surface area contributed by atoms with Crippen molar-refractivity contribution in [3.63, 3.8) is 0 Å². The number of amides is 1. The van der Waals surface area contributed by atoms with Gasteiger partial charge in [-0.1, -0.05) is 0 Å². The van der Waals surface area contributed by atoms with E-state index in [1.807, 2.05) is 0 Å². The minimum Gasteiger partial charge on any atom is -0.273 e. The van der Waals surface area contributed by atoms with Crippen LogP contribution in [-0.4, -0.2) is 18.9 Å². The summed E-state index contributed by atoms with van der Waals surface area (Å²) in [7, 11) is -4.42. The van der Waals surface area contributed by atoms with Crippen LogP contribution in [0.25, 0.3) is 0 Å². The summed E-state index contributed by atoms with van der Waals surface area (Å²) >= 11 is 0. The van der Waals surface area contributed by atoms with Crippen LogP contribution < -0.4 is 4.72 Å². The summed E-state index contributed by atoms with van der Waals surface area (Å²) in [6.07, 6.45) is 5.95. The van der Waals surface area contributed by atoms with Gasteiger partial charge < -0.3 is 0 Å². The van der Waals surface area contributed by atoms with Crippen molar-refractivity contribution in [2.45, 2.75) is 38.5 Å². The fraction of sp³-hybridized carbons (Fsp3) is 0.909. The molecule has 2 N–H and O–H groups in total. The van der Waals surface area contributed by atoms with E-state index >= 15 is 0 Å². The van der Waals surface area contributed by atoms with Gasteiger partial charge in [0.05, 0.1) is 5.41 Å². The Hall–Kier alpha value is -0.620. The second-order valence-corrected chi connectivity index (χ2v) is 7.26. The van der Waals surface area contributed by atoms with E-state index in [1.165, 1.54) is 19.3 Å². The zero-order chi connectivity index (χ0) is 12.3. The highest BCUT2D eigenvalue weighted by atomic mass is 32.2. The molecule has 0 aromatic heterocycles. The van der Waals surface area contributed by atoms with Gasteiger partial charge in [0.1, 0.15) is 0 Å². The van der Waals surface area contributed by atoms with Gasteiger partial charge in [0.2, 0.25) is 5.91 Å². The van der Waals surface area contributed by atoms with E-state index in [0.29, 0.717) is 17.8 Å². The molecule has 1 amide bonds. The Balaban J connectivity index is 1.84. The molecular weight excluding hydrogens is 242 g/mol. The molecule has 0 radical (unpaired) electrons. The molecular formula is C11H17NO4S. The van der Waals surface area contributed by atoms with Crippen molar-refractivity contribution >= 4 is 16.2 Å². The van der Waals surface area contributed by atoms with Gasteiger partial charge in [-0.3, -0.25) is 9.35 Å². The quantitative estimate of drug-likeness (QED) is 0.728. The third kappa shape index (κ3) is 1.97. The predicted molar refractivity (Wildman–Crippen MR) is 60.3 cm³/mol. The van der Waals surface area contributed by atoms with E-state index < -0.39 is 21.6 Å². The fourth-order valence-electron chi connectivity index (χ4n) is 4.61. The first-order valence-electron chi connectivity index (χ1n) is 6.16. The molecule has 17 heavy (non-hydrogen) atoms. The SMILES string of the molecule is O=C(NS(=O)(=O)O)C12CC3CC(CC(C3)C1)C2. The van der Waals surface area contributed by atoms with Crippen LogP contribution in [-0.2, 0) is 15.1 Å². The number of nitrogens with one attached hydrogen (secondary N) is 1. The molecule has 4 bridgehead atoms. The Morgan fingerprint density at radius 1 is 1.06 bits per heavy atom. The monoisotopic (exact) mass is 259 g/mol. The summed E-state index contributed by atoms with van der Waals surface area (Å²) < 4.78 is 32.0. The van der Waals surface area contributed by atoms with Crippen LogP contribution in [0.1, 0.15) is 38.5 Å². The Kier molecular flexibility index (Phi) is 2.32. The molecule has 0 aromatic carbocycles.